The zero-order valence-corrected chi connectivity index (χ0v) is 12.3. The lowest BCUT2D eigenvalue weighted by Crippen LogP contribution is -2.18. The molecule has 0 atom stereocenters. The molecule has 2 aromatic rings. The summed E-state index contributed by atoms with van der Waals surface area (Å²) in [6.45, 7) is 5.09. The van der Waals surface area contributed by atoms with E-state index in [1.807, 2.05) is 0 Å². The highest BCUT2D eigenvalue weighted by atomic mass is 32.1. The first-order chi connectivity index (χ1) is 9.22. The molecule has 3 rings (SSSR count). The van der Waals surface area contributed by atoms with E-state index in [0.29, 0.717) is 0 Å². The first-order valence-corrected chi connectivity index (χ1v) is 7.69. The fraction of sp³-hybridized carbons (Fsp3) is 0.467. The molecule has 3 nitrogen and oxygen atoms in total. The van der Waals surface area contributed by atoms with Crippen LogP contribution in [0.15, 0.2) is 17.5 Å². The van der Waals surface area contributed by atoms with E-state index < -0.39 is 0 Å². The molecule has 1 saturated carbocycles. The Morgan fingerprint density at radius 1 is 1.26 bits per heavy atom. The molecule has 0 amide bonds. The van der Waals surface area contributed by atoms with E-state index in [2.05, 4.69) is 46.6 Å². The van der Waals surface area contributed by atoms with Gasteiger partial charge in [0, 0.05) is 40.8 Å². The predicted molar refractivity (Wildman–Crippen MR) is 78.5 cm³/mol. The zero-order chi connectivity index (χ0) is 13.2. The predicted octanol–water partition coefficient (Wildman–Crippen LogP) is 3.00. The molecular formula is C15H19N3S. The normalized spacial score (nSPS) is 14.8. The van der Waals surface area contributed by atoms with Crippen molar-refractivity contribution in [3.05, 3.63) is 45.2 Å². The molecule has 0 unspecified atom stereocenters. The molecule has 1 fully saturated rings. The minimum Gasteiger partial charge on any atom is -0.310 e. The fourth-order valence-corrected chi connectivity index (χ4v) is 2.95. The molecule has 4 heteroatoms. The summed E-state index contributed by atoms with van der Waals surface area (Å²) < 4.78 is 0. The van der Waals surface area contributed by atoms with Crippen LogP contribution in [0, 0.1) is 13.8 Å². The molecule has 0 aromatic carbocycles. The van der Waals surface area contributed by atoms with Crippen LogP contribution in [0.3, 0.4) is 0 Å². The Hall–Kier alpha value is -1.26. The van der Waals surface area contributed by atoms with Crippen LogP contribution >= 0.6 is 11.3 Å². The number of thiophene rings is 1. The average Bonchev–Trinajstić information content (AvgIpc) is 3.05. The van der Waals surface area contributed by atoms with Gasteiger partial charge in [-0.2, -0.15) is 0 Å². The quantitative estimate of drug-likeness (QED) is 0.910. The van der Waals surface area contributed by atoms with Gasteiger partial charge in [0.2, 0.25) is 0 Å². The van der Waals surface area contributed by atoms with Crippen molar-refractivity contribution >= 4 is 11.3 Å². The van der Waals surface area contributed by atoms with E-state index in [9.17, 15) is 0 Å². The van der Waals surface area contributed by atoms with Crippen LogP contribution in [0.4, 0.5) is 0 Å². The lowest BCUT2D eigenvalue weighted by atomic mass is 10.1. The molecule has 0 spiro atoms. The van der Waals surface area contributed by atoms with Crippen LogP contribution in [0.2, 0.25) is 0 Å². The topological polar surface area (TPSA) is 37.8 Å². The Bertz CT molecular complexity index is 536. The molecular weight excluding hydrogens is 254 g/mol. The summed E-state index contributed by atoms with van der Waals surface area (Å²) in [5.41, 5.74) is 3.50. The standard InChI is InChI=1S/C15H19N3S/c1-10-14(9-16-12-5-6-12)11(2)18-15(17-10)8-13-4-3-7-19-13/h3-4,7,12,16H,5-6,8-9H2,1-2H3. The van der Waals surface area contributed by atoms with Gasteiger partial charge in [-0.1, -0.05) is 6.07 Å². The smallest absolute Gasteiger partial charge is 0.134 e. The van der Waals surface area contributed by atoms with Gasteiger partial charge >= 0.3 is 0 Å². The van der Waals surface area contributed by atoms with Crippen LogP contribution in [0.1, 0.15) is 40.5 Å². The second-order valence-electron chi connectivity index (χ2n) is 5.20. The van der Waals surface area contributed by atoms with Crippen LogP contribution < -0.4 is 5.32 Å². The summed E-state index contributed by atoms with van der Waals surface area (Å²) in [6, 6.07) is 4.94. The van der Waals surface area contributed by atoms with Crippen molar-refractivity contribution in [2.24, 2.45) is 0 Å². The Labute approximate surface area is 118 Å². The Morgan fingerprint density at radius 2 is 2.00 bits per heavy atom. The van der Waals surface area contributed by atoms with Gasteiger partial charge in [-0.25, -0.2) is 9.97 Å². The van der Waals surface area contributed by atoms with Crippen molar-refractivity contribution in [1.82, 2.24) is 15.3 Å². The summed E-state index contributed by atoms with van der Waals surface area (Å²) in [6.07, 6.45) is 3.47. The number of aryl methyl sites for hydroxylation is 2. The molecule has 1 N–H and O–H groups in total. The molecule has 1 aliphatic carbocycles. The summed E-state index contributed by atoms with van der Waals surface area (Å²) in [5.74, 6) is 0.938. The van der Waals surface area contributed by atoms with Gasteiger partial charge in [0.15, 0.2) is 0 Å². The summed E-state index contributed by atoms with van der Waals surface area (Å²) in [5, 5.41) is 5.64. The van der Waals surface area contributed by atoms with E-state index in [-0.39, 0.29) is 0 Å². The maximum Gasteiger partial charge on any atom is 0.134 e. The van der Waals surface area contributed by atoms with Crippen molar-refractivity contribution < 1.29 is 0 Å². The molecule has 1 aliphatic rings. The third-order valence-electron chi connectivity index (χ3n) is 3.52. The molecule has 0 saturated heterocycles. The maximum atomic E-state index is 4.66. The van der Waals surface area contributed by atoms with Crippen molar-refractivity contribution in [1.29, 1.82) is 0 Å². The van der Waals surface area contributed by atoms with E-state index >= 15 is 0 Å². The highest BCUT2D eigenvalue weighted by molar-refractivity contribution is 7.09. The highest BCUT2D eigenvalue weighted by Gasteiger charge is 2.21. The minimum atomic E-state index is 0.726. The molecule has 19 heavy (non-hydrogen) atoms. The summed E-state index contributed by atoms with van der Waals surface area (Å²) in [7, 11) is 0. The maximum absolute atomic E-state index is 4.66. The molecule has 100 valence electrons. The average molecular weight is 273 g/mol. The SMILES string of the molecule is Cc1nc(Cc2cccs2)nc(C)c1CNC1CC1. The van der Waals surface area contributed by atoms with Gasteiger partial charge in [-0.05, 0) is 38.1 Å². The minimum absolute atomic E-state index is 0.726. The van der Waals surface area contributed by atoms with Crippen LogP contribution in [-0.4, -0.2) is 16.0 Å². The van der Waals surface area contributed by atoms with Gasteiger partial charge in [0.25, 0.3) is 0 Å². The number of hydrogen-bond donors (Lipinski definition) is 1. The van der Waals surface area contributed by atoms with Gasteiger partial charge < -0.3 is 5.32 Å². The Morgan fingerprint density at radius 3 is 2.58 bits per heavy atom. The van der Waals surface area contributed by atoms with Crippen molar-refractivity contribution in [2.45, 2.75) is 45.7 Å². The van der Waals surface area contributed by atoms with Gasteiger partial charge in [-0.3, -0.25) is 0 Å². The first-order valence-electron chi connectivity index (χ1n) is 6.81. The second kappa shape index (κ2) is 5.39. The highest BCUT2D eigenvalue weighted by Crippen LogP contribution is 2.21. The fourth-order valence-electron chi connectivity index (χ4n) is 2.25. The van der Waals surface area contributed by atoms with E-state index in [1.165, 1.54) is 23.3 Å². The molecule has 0 radical (unpaired) electrons. The molecule has 0 aliphatic heterocycles. The Balaban J connectivity index is 1.76. The largest absolute Gasteiger partial charge is 0.310 e. The van der Waals surface area contributed by atoms with Crippen LogP contribution in [-0.2, 0) is 13.0 Å². The van der Waals surface area contributed by atoms with E-state index in [4.69, 9.17) is 0 Å². The number of hydrogen-bond acceptors (Lipinski definition) is 4. The number of nitrogens with one attached hydrogen (secondary N) is 1. The van der Waals surface area contributed by atoms with Crippen LogP contribution in [0.5, 0.6) is 0 Å². The lowest BCUT2D eigenvalue weighted by Gasteiger charge is -2.11. The third kappa shape index (κ3) is 3.19. The van der Waals surface area contributed by atoms with Gasteiger partial charge in [-0.15, -0.1) is 11.3 Å². The van der Waals surface area contributed by atoms with Crippen molar-refractivity contribution in [2.75, 3.05) is 0 Å². The molecule has 2 aromatic heterocycles. The first kappa shape index (κ1) is 12.8. The summed E-state index contributed by atoms with van der Waals surface area (Å²) in [4.78, 5) is 10.6. The molecule has 0 bridgehead atoms. The van der Waals surface area contributed by atoms with Crippen LogP contribution in [0.25, 0.3) is 0 Å². The monoisotopic (exact) mass is 273 g/mol. The lowest BCUT2D eigenvalue weighted by molar-refractivity contribution is 0.672. The summed E-state index contributed by atoms with van der Waals surface area (Å²) >= 11 is 1.76. The van der Waals surface area contributed by atoms with Crippen molar-refractivity contribution in [3.8, 4) is 0 Å². The van der Waals surface area contributed by atoms with E-state index in [0.717, 1.165) is 36.2 Å². The number of aromatic nitrogens is 2. The zero-order valence-electron chi connectivity index (χ0n) is 11.4. The second-order valence-corrected chi connectivity index (χ2v) is 6.23. The number of rotatable bonds is 5. The van der Waals surface area contributed by atoms with Gasteiger partial charge in [0.05, 0.1) is 0 Å². The molecule has 2 heterocycles. The van der Waals surface area contributed by atoms with Gasteiger partial charge in [0.1, 0.15) is 5.82 Å². The Kier molecular flexibility index (Phi) is 3.62. The van der Waals surface area contributed by atoms with Crippen molar-refractivity contribution in [3.63, 3.8) is 0 Å². The third-order valence-corrected chi connectivity index (χ3v) is 4.40. The number of nitrogens with zero attached hydrogens (tertiary/aromatic N) is 2. The van der Waals surface area contributed by atoms with E-state index in [1.54, 1.807) is 11.3 Å².